The topological polar surface area (TPSA) is 49.0 Å². The lowest BCUT2D eigenvalue weighted by molar-refractivity contribution is 0.408. The van der Waals surface area contributed by atoms with Gasteiger partial charge in [-0.05, 0) is 17.7 Å². The zero-order valence-electron chi connectivity index (χ0n) is 16.7. The smallest absolute Gasteiger partial charge is 0.278 e. The van der Waals surface area contributed by atoms with Gasteiger partial charge in [-0.3, -0.25) is 9.36 Å². The summed E-state index contributed by atoms with van der Waals surface area (Å²) in [6.07, 6.45) is 1.64. The third-order valence-corrected chi connectivity index (χ3v) is 5.45. The summed E-state index contributed by atoms with van der Waals surface area (Å²) in [7, 11) is 1.64. The van der Waals surface area contributed by atoms with Crippen molar-refractivity contribution in [2.45, 2.75) is 13.1 Å². The minimum Gasteiger partial charge on any atom is -0.496 e. The molecule has 0 aliphatic heterocycles. The van der Waals surface area contributed by atoms with Gasteiger partial charge in [0.05, 0.1) is 25.5 Å². The van der Waals surface area contributed by atoms with Gasteiger partial charge in [0, 0.05) is 17.5 Å². The third kappa shape index (κ3) is 3.05. The Bertz CT molecular complexity index is 1400. The van der Waals surface area contributed by atoms with Crippen LogP contribution in [-0.4, -0.2) is 21.2 Å². The quantitative estimate of drug-likeness (QED) is 0.442. The molecule has 0 unspecified atom stereocenters. The Morgan fingerprint density at radius 3 is 2.43 bits per heavy atom. The fourth-order valence-electron chi connectivity index (χ4n) is 4.01. The summed E-state index contributed by atoms with van der Waals surface area (Å²) in [4.78, 5) is 18.3. The van der Waals surface area contributed by atoms with E-state index >= 15 is 0 Å². The van der Waals surface area contributed by atoms with Gasteiger partial charge in [-0.25, -0.2) is 4.98 Å². The van der Waals surface area contributed by atoms with E-state index in [-0.39, 0.29) is 5.56 Å². The lowest BCUT2D eigenvalue weighted by atomic mass is 10.2. The van der Waals surface area contributed by atoms with Crippen LogP contribution in [0.4, 0.5) is 0 Å². The first kappa shape index (κ1) is 18.2. The molecule has 5 rings (SSSR count). The molecule has 0 saturated heterocycles. The van der Waals surface area contributed by atoms with Gasteiger partial charge in [-0.15, -0.1) is 0 Å². The van der Waals surface area contributed by atoms with Gasteiger partial charge >= 0.3 is 0 Å². The second-order valence-corrected chi connectivity index (χ2v) is 7.28. The molecule has 5 nitrogen and oxygen atoms in total. The Balaban J connectivity index is 1.71. The minimum absolute atomic E-state index is 0.0574. The van der Waals surface area contributed by atoms with E-state index < -0.39 is 0 Å². The first-order chi connectivity index (χ1) is 14.8. The highest BCUT2D eigenvalue weighted by Crippen LogP contribution is 2.26. The largest absolute Gasteiger partial charge is 0.496 e. The number of rotatable bonds is 5. The third-order valence-electron chi connectivity index (χ3n) is 5.45. The highest BCUT2D eigenvalue weighted by molar-refractivity contribution is 6.05. The number of nitrogens with zero attached hydrogens (tertiary/aromatic N) is 3. The fourth-order valence-corrected chi connectivity index (χ4v) is 4.01. The standard InChI is InChI=1S/C25H21N3O2/c1-30-22-14-8-5-11-19(22)16-27-17-26-23-20-12-6-7-13-21(20)28(24(23)25(27)29)15-18-9-3-2-4-10-18/h2-14,17H,15-16H2,1H3. The minimum atomic E-state index is -0.0574. The monoisotopic (exact) mass is 395 g/mol. The molecule has 0 N–H and O–H groups in total. The average Bonchev–Trinajstić information content (AvgIpc) is 3.11. The zero-order valence-corrected chi connectivity index (χ0v) is 16.7. The molecule has 5 aromatic rings. The van der Waals surface area contributed by atoms with Gasteiger partial charge in [-0.2, -0.15) is 0 Å². The Labute approximate surface area is 173 Å². The van der Waals surface area contributed by atoms with E-state index in [2.05, 4.69) is 21.7 Å². The van der Waals surface area contributed by atoms with E-state index in [1.54, 1.807) is 18.0 Å². The van der Waals surface area contributed by atoms with E-state index in [1.165, 1.54) is 0 Å². The Hall–Kier alpha value is -3.86. The van der Waals surface area contributed by atoms with Crippen molar-refractivity contribution < 1.29 is 4.74 Å². The molecule has 148 valence electrons. The summed E-state index contributed by atoms with van der Waals surface area (Å²) in [5, 5.41) is 0.991. The van der Waals surface area contributed by atoms with Crippen molar-refractivity contribution in [2.24, 2.45) is 0 Å². The second-order valence-electron chi connectivity index (χ2n) is 7.28. The Morgan fingerprint density at radius 1 is 0.867 bits per heavy atom. The SMILES string of the molecule is COc1ccccc1Cn1cnc2c3ccccc3n(Cc3ccccc3)c2c1=O. The Kier molecular flexibility index (Phi) is 4.56. The van der Waals surface area contributed by atoms with Crippen molar-refractivity contribution in [1.29, 1.82) is 0 Å². The molecule has 0 radical (unpaired) electrons. The number of fused-ring (bicyclic) bond motifs is 3. The second kappa shape index (κ2) is 7.52. The van der Waals surface area contributed by atoms with Crippen LogP contribution < -0.4 is 10.3 Å². The van der Waals surface area contributed by atoms with Gasteiger partial charge in [0.25, 0.3) is 5.56 Å². The molecule has 0 saturated carbocycles. The molecule has 0 atom stereocenters. The summed E-state index contributed by atoms with van der Waals surface area (Å²) in [6.45, 7) is 1.01. The van der Waals surface area contributed by atoms with Gasteiger partial charge in [0.1, 0.15) is 16.8 Å². The molecule has 0 aliphatic carbocycles. The number of para-hydroxylation sites is 2. The van der Waals surface area contributed by atoms with E-state index in [1.807, 2.05) is 66.7 Å². The molecule has 0 aliphatic rings. The molecule has 30 heavy (non-hydrogen) atoms. The number of methoxy groups -OCH3 is 1. The zero-order chi connectivity index (χ0) is 20.5. The van der Waals surface area contributed by atoms with Crippen LogP contribution >= 0.6 is 0 Å². The van der Waals surface area contributed by atoms with Gasteiger partial charge < -0.3 is 9.30 Å². The van der Waals surface area contributed by atoms with Crippen LogP contribution in [0.3, 0.4) is 0 Å². The predicted molar refractivity (Wildman–Crippen MR) is 119 cm³/mol. The van der Waals surface area contributed by atoms with Crippen molar-refractivity contribution in [2.75, 3.05) is 7.11 Å². The Morgan fingerprint density at radius 2 is 1.60 bits per heavy atom. The van der Waals surface area contributed by atoms with Crippen LogP contribution in [0.25, 0.3) is 21.9 Å². The molecule has 2 aromatic heterocycles. The summed E-state index contributed by atoms with van der Waals surface area (Å²) >= 11 is 0. The summed E-state index contributed by atoms with van der Waals surface area (Å²) in [6, 6.07) is 26.0. The number of hydrogen-bond acceptors (Lipinski definition) is 3. The van der Waals surface area contributed by atoms with Crippen LogP contribution in [-0.2, 0) is 13.1 Å². The van der Waals surface area contributed by atoms with Crippen LogP contribution in [0.1, 0.15) is 11.1 Å². The maximum atomic E-state index is 13.6. The number of benzene rings is 3. The van der Waals surface area contributed by atoms with Crippen molar-refractivity contribution in [3.63, 3.8) is 0 Å². The van der Waals surface area contributed by atoms with E-state index in [0.29, 0.717) is 18.6 Å². The molecule has 5 heteroatoms. The molecular weight excluding hydrogens is 374 g/mol. The highest BCUT2D eigenvalue weighted by atomic mass is 16.5. The number of hydrogen-bond donors (Lipinski definition) is 0. The normalized spacial score (nSPS) is 11.2. The first-order valence-electron chi connectivity index (χ1n) is 9.88. The van der Waals surface area contributed by atoms with Gasteiger partial charge in [0.15, 0.2) is 0 Å². The van der Waals surface area contributed by atoms with Crippen LogP contribution in [0, 0.1) is 0 Å². The number of aromatic nitrogens is 3. The number of ether oxygens (including phenoxy) is 1. The van der Waals surface area contributed by atoms with Crippen molar-refractivity contribution in [1.82, 2.24) is 14.1 Å². The molecule has 3 aromatic carbocycles. The summed E-state index contributed by atoms with van der Waals surface area (Å²) < 4.78 is 9.19. The maximum absolute atomic E-state index is 13.6. The maximum Gasteiger partial charge on any atom is 0.278 e. The molecular formula is C25H21N3O2. The van der Waals surface area contributed by atoms with E-state index in [0.717, 1.165) is 33.3 Å². The fraction of sp³-hybridized carbons (Fsp3) is 0.120. The molecule has 0 amide bonds. The lowest BCUT2D eigenvalue weighted by Gasteiger charge is -2.11. The predicted octanol–water partition coefficient (Wildman–Crippen LogP) is 4.46. The molecule has 0 fully saturated rings. The molecule has 2 heterocycles. The van der Waals surface area contributed by atoms with E-state index in [9.17, 15) is 4.79 Å². The summed E-state index contributed by atoms with van der Waals surface area (Å²) in [5.74, 6) is 0.759. The van der Waals surface area contributed by atoms with Crippen LogP contribution in [0.5, 0.6) is 5.75 Å². The van der Waals surface area contributed by atoms with Crippen molar-refractivity contribution in [3.05, 3.63) is 107 Å². The molecule has 0 bridgehead atoms. The lowest BCUT2D eigenvalue weighted by Crippen LogP contribution is -2.23. The van der Waals surface area contributed by atoms with Gasteiger partial charge in [0.2, 0.25) is 0 Å². The van der Waals surface area contributed by atoms with Crippen LogP contribution in [0.15, 0.2) is 90.0 Å². The first-order valence-corrected chi connectivity index (χ1v) is 9.88. The van der Waals surface area contributed by atoms with Crippen molar-refractivity contribution >= 4 is 21.9 Å². The summed E-state index contributed by atoms with van der Waals surface area (Å²) in [5.41, 5.74) is 4.39. The molecule has 0 spiro atoms. The van der Waals surface area contributed by atoms with Gasteiger partial charge in [-0.1, -0.05) is 66.7 Å². The van der Waals surface area contributed by atoms with E-state index in [4.69, 9.17) is 4.74 Å². The highest BCUT2D eigenvalue weighted by Gasteiger charge is 2.17. The van der Waals surface area contributed by atoms with Crippen LogP contribution in [0.2, 0.25) is 0 Å². The van der Waals surface area contributed by atoms with Crippen molar-refractivity contribution in [3.8, 4) is 5.75 Å². The average molecular weight is 395 g/mol.